The average molecular weight is 448 g/mol. The van der Waals surface area contributed by atoms with Crippen molar-refractivity contribution in [2.45, 2.75) is 82.1 Å². The van der Waals surface area contributed by atoms with Crippen molar-refractivity contribution in [2.24, 2.45) is 22.7 Å². The Bertz CT molecular complexity index is 955. The summed E-state index contributed by atoms with van der Waals surface area (Å²) in [6, 6.07) is 8.12. The van der Waals surface area contributed by atoms with Crippen molar-refractivity contribution in [3.8, 4) is 0 Å². The van der Waals surface area contributed by atoms with Crippen molar-refractivity contribution in [1.82, 2.24) is 4.72 Å². The monoisotopic (exact) mass is 447 g/mol. The Labute approximate surface area is 184 Å². The molecule has 2 atom stereocenters. The Hall–Kier alpha value is -1.73. The van der Waals surface area contributed by atoms with Crippen molar-refractivity contribution in [3.63, 3.8) is 0 Å². The molecule has 170 valence electrons. The van der Waals surface area contributed by atoms with Crippen LogP contribution in [0.2, 0.25) is 0 Å². The number of nitrogens with one attached hydrogen (secondary N) is 1. The second-order valence-corrected chi connectivity index (χ2v) is 12.7. The summed E-state index contributed by atoms with van der Waals surface area (Å²) < 4.78 is 28.2. The van der Waals surface area contributed by atoms with E-state index in [9.17, 15) is 23.1 Å². The maximum atomic E-state index is 13.4. The Balaban J connectivity index is 1.50. The van der Waals surface area contributed by atoms with Gasteiger partial charge >= 0.3 is 5.97 Å². The lowest BCUT2D eigenvalue weighted by atomic mass is 9.42. The Kier molecular flexibility index (Phi) is 5.58. The fraction of sp³-hybridized carbons (Fsp3) is 0.667. The predicted molar refractivity (Wildman–Crippen MR) is 117 cm³/mol. The Morgan fingerprint density at radius 3 is 2.23 bits per heavy atom. The van der Waals surface area contributed by atoms with Crippen LogP contribution in [0.4, 0.5) is 0 Å². The van der Waals surface area contributed by atoms with Gasteiger partial charge in [-0.1, -0.05) is 18.2 Å². The number of Topliss-reactive ketones (excluding diaryl/α,β-unsaturated/α-hetero) is 1. The van der Waals surface area contributed by atoms with Crippen LogP contribution < -0.4 is 4.72 Å². The minimum Gasteiger partial charge on any atom is -0.481 e. The predicted octanol–water partition coefficient (Wildman–Crippen LogP) is 4.15. The van der Waals surface area contributed by atoms with E-state index >= 15 is 0 Å². The normalized spacial score (nSPS) is 32.2. The van der Waals surface area contributed by atoms with Crippen molar-refractivity contribution >= 4 is 21.8 Å². The molecule has 0 aliphatic heterocycles. The van der Waals surface area contributed by atoms with E-state index < -0.39 is 21.5 Å². The van der Waals surface area contributed by atoms with Gasteiger partial charge in [-0.15, -0.1) is 0 Å². The van der Waals surface area contributed by atoms with Gasteiger partial charge in [0.15, 0.2) is 5.78 Å². The zero-order chi connectivity index (χ0) is 22.5. The lowest BCUT2D eigenvalue weighted by molar-refractivity contribution is -0.148. The van der Waals surface area contributed by atoms with Gasteiger partial charge in [-0.05, 0) is 93.6 Å². The molecule has 5 rings (SSSR count). The first-order chi connectivity index (χ1) is 14.4. The minimum absolute atomic E-state index is 0.0381. The molecule has 0 aromatic heterocycles. The van der Waals surface area contributed by atoms with Crippen LogP contribution in [0.5, 0.6) is 0 Å². The van der Waals surface area contributed by atoms with Gasteiger partial charge in [-0.2, -0.15) is 4.72 Å². The maximum absolute atomic E-state index is 13.4. The minimum atomic E-state index is -3.80. The molecular formula is C24H33NO5S. The number of carbonyl (C=O) groups is 2. The standard InChI is InChI=1S/C24H33NO5S/c1-22(2,25-31(29,30)19-6-4-3-5-7-19)20(26)15-24-13-17-10-18(14-24)12-23(11-17,16-24)9-8-21(27)28/h3-7,17-18,25H,8-16H2,1-2H3,(H,27,28). The maximum Gasteiger partial charge on any atom is 0.303 e. The van der Waals surface area contributed by atoms with Crippen LogP contribution in [0, 0.1) is 22.7 Å². The Morgan fingerprint density at radius 1 is 1.06 bits per heavy atom. The third-order valence-corrected chi connectivity index (χ3v) is 9.52. The summed E-state index contributed by atoms with van der Waals surface area (Å²) in [5.41, 5.74) is -1.28. The molecule has 1 aromatic rings. The highest BCUT2D eigenvalue weighted by Gasteiger charge is 2.58. The molecule has 0 heterocycles. The molecular weight excluding hydrogens is 414 g/mol. The highest BCUT2D eigenvalue weighted by atomic mass is 32.2. The number of carbonyl (C=O) groups excluding carboxylic acids is 1. The molecule has 0 radical (unpaired) electrons. The van der Waals surface area contributed by atoms with Crippen LogP contribution in [-0.4, -0.2) is 30.8 Å². The van der Waals surface area contributed by atoms with Crippen LogP contribution in [0.15, 0.2) is 35.2 Å². The first-order valence-electron chi connectivity index (χ1n) is 11.3. The van der Waals surface area contributed by atoms with Gasteiger partial charge in [0.25, 0.3) is 0 Å². The molecule has 2 unspecified atom stereocenters. The summed E-state index contributed by atoms with van der Waals surface area (Å²) in [6.45, 7) is 3.30. The van der Waals surface area contributed by atoms with E-state index in [0.717, 1.165) is 32.1 Å². The molecule has 4 bridgehead atoms. The van der Waals surface area contributed by atoms with Crippen LogP contribution in [0.3, 0.4) is 0 Å². The fourth-order valence-corrected chi connectivity index (χ4v) is 8.55. The van der Waals surface area contributed by atoms with Gasteiger partial charge in [-0.3, -0.25) is 9.59 Å². The summed E-state index contributed by atoms with van der Waals surface area (Å²) in [5.74, 6) is 0.290. The zero-order valence-electron chi connectivity index (χ0n) is 18.4. The van der Waals surface area contributed by atoms with Crippen LogP contribution in [0.25, 0.3) is 0 Å². The van der Waals surface area contributed by atoms with E-state index in [0.29, 0.717) is 24.7 Å². The first-order valence-corrected chi connectivity index (χ1v) is 12.8. The van der Waals surface area contributed by atoms with Gasteiger partial charge in [0.05, 0.1) is 10.4 Å². The second kappa shape index (κ2) is 7.69. The van der Waals surface area contributed by atoms with Crippen LogP contribution in [0.1, 0.15) is 71.6 Å². The molecule has 4 saturated carbocycles. The van der Waals surface area contributed by atoms with E-state index in [1.54, 1.807) is 32.0 Å². The number of hydrogen-bond acceptors (Lipinski definition) is 4. The summed E-state index contributed by atoms with van der Waals surface area (Å²) in [5, 5.41) is 9.21. The summed E-state index contributed by atoms with van der Waals surface area (Å²) in [6.07, 6.45) is 7.49. The number of sulfonamides is 1. The molecule has 6 nitrogen and oxygen atoms in total. The molecule has 4 fully saturated rings. The van der Waals surface area contributed by atoms with Crippen LogP contribution in [-0.2, 0) is 19.6 Å². The molecule has 4 aliphatic rings. The lowest BCUT2D eigenvalue weighted by Gasteiger charge is -2.62. The van der Waals surface area contributed by atoms with Crippen molar-refractivity contribution < 1.29 is 23.1 Å². The number of carboxylic acids is 1. The van der Waals surface area contributed by atoms with Crippen molar-refractivity contribution in [3.05, 3.63) is 30.3 Å². The molecule has 31 heavy (non-hydrogen) atoms. The molecule has 2 N–H and O–H groups in total. The van der Waals surface area contributed by atoms with Gasteiger partial charge in [0, 0.05) is 12.8 Å². The smallest absolute Gasteiger partial charge is 0.303 e. The number of rotatable bonds is 9. The molecule has 0 saturated heterocycles. The van der Waals surface area contributed by atoms with E-state index in [1.807, 2.05) is 0 Å². The number of carboxylic acid groups (broad SMARTS) is 1. The summed E-state index contributed by atoms with van der Waals surface area (Å²) >= 11 is 0. The van der Waals surface area contributed by atoms with Crippen LogP contribution >= 0.6 is 0 Å². The summed E-state index contributed by atoms with van der Waals surface area (Å²) in [7, 11) is -3.80. The number of hydrogen-bond donors (Lipinski definition) is 2. The third-order valence-electron chi connectivity index (χ3n) is 7.85. The number of aliphatic carboxylic acids is 1. The second-order valence-electron chi connectivity index (χ2n) is 11.0. The highest BCUT2D eigenvalue weighted by molar-refractivity contribution is 7.89. The number of benzene rings is 1. The van der Waals surface area contributed by atoms with Gasteiger partial charge in [-0.25, -0.2) is 8.42 Å². The van der Waals surface area contributed by atoms with Gasteiger partial charge in [0.2, 0.25) is 10.0 Å². The highest BCUT2D eigenvalue weighted by Crippen LogP contribution is 2.67. The van der Waals surface area contributed by atoms with Gasteiger partial charge in [0.1, 0.15) is 0 Å². The van der Waals surface area contributed by atoms with Gasteiger partial charge < -0.3 is 5.11 Å². The fourth-order valence-electron chi connectivity index (χ4n) is 7.13. The first kappa shape index (κ1) is 22.5. The molecule has 7 heteroatoms. The molecule has 0 amide bonds. The van der Waals surface area contributed by atoms with E-state index in [-0.39, 0.29) is 27.9 Å². The molecule has 4 aliphatic carbocycles. The molecule has 0 spiro atoms. The van der Waals surface area contributed by atoms with E-state index in [1.165, 1.54) is 18.6 Å². The average Bonchev–Trinajstić information content (AvgIpc) is 2.65. The summed E-state index contributed by atoms with van der Waals surface area (Å²) in [4.78, 5) is 24.8. The van der Waals surface area contributed by atoms with E-state index in [4.69, 9.17) is 0 Å². The topological polar surface area (TPSA) is 101 Å². The largest absolute Gasteiger partial charge is 0.481 e. The van der Waals surface area contributed by atoms with Crippen molar-refractivity contribution in [1.29, 1.82) is 0 Å². The quantitative estimate of drug-likeness (QED) is 0.592. The molecule has 1 aromatic carbocycles. The zero-order valence-corrected chi connectivity index (χ0v) is 19.2. The SMILES string of the molecule is CC(C)(NS(=O)(=O)c1ccccc1)C(=O)CC12CC3CC(CC(CCC(=O)O)(C3)C1)C2. The third kappa shape index (κ3) is 4.58. The number of ketones is 1. The Morgan fingerprint density at radius 2 is 1.65 bits per heavy atom. The van der Waals surface area contributed by atoms with Crippen molar-refractivity contribution in [2.75, 3.05) is 0 Å². The van der Waals surface area contributed by atoms with E-state index in [2.05, 4.69) is 4.72 Å². The lowest BCUT2D eigenvalue weighted by Crippen LogP contribution is -2.56.